The van der Waals surface area contributed by atoms with E-state index in [2.05, 4.69) is 10.1 Å². The van der Waals surface area contributed by atoms with E-state index in [1.807, 2.05) is 66.7 Å². The van der Waals surface area contributed by atoms with E-state index in [0.717, 1.165) is 22.4 Å². The van der Waals surface area contributed by atoms with Gasteiger partial charge >= 0.3 is 5.97 Å². The average Bonchev–Trinajstić information content (AvgIpc) is 3.33. The monoisotopic (exact) mass is 485 g/mol. The molecule has 174 valence electrons. The molecule has 0 amide bonds. The molecule has 0 aliphatic heterocycles. The minimum atomic E-state index is -1.13. The van der Waals surface area contributed by atoms with Gasteiger partial charge in [-0.15, -0.1) is 0 Å². The Bertz CT molecular complexity index is 1520. The summed E-state index contributed by atoms with van der Waals surface area (Å²) in [5, 5.41) is 14.2. The Hall–Kier alpha value is -4.36. The van der Waals surface area contributed by atoms with Crippen LogP contribution >= 0.6 is 11.6 Å². The number of carboxylic acid groups (broad SMARTS) is 1. The van der Waals surface area contributed by atoms with E-state index in [-0.39, 0.29) is 5.69 Å². The highest BCUT2D eigenvalue weighted by atomic mass is 35.5. The summed E-state index contributed by atoms with van der Waals surface area (Å²) < 4.78 is 12.8. The maximum absolute atomic E-state index is 11.6. The van der Waals surface area contributed by atoms with Crippen LogP contribution < -0.4 is 9.47 Å². The highest BCUT2D eigenvalue weighted by molar-refractivity contribution is 6.32. The van der Waals surface area contributed by atoms with Gasteiger partial charge in [0, 0.05) is 17.2 Å². The van der Waals surface area contributed by atoms with Crippen LogP contribution in [0.4, 0.5) is 0 Å². The van der Waals surface area contributed by atoms with Crippen LogP contribution in [0, 0.1) is 0 Å². The number of rotatable bonds is 7. The quantitative estimate of drug-likeness (QED) is 0.304. The molecular weight excluding hydrogens is 466 g/mol. The molecule has 0 atom stereocenters. The zero-order valence-electron chi connectivity index (χ0n) is 18.7. The molecule has 1 N–H and O–H groups in total. The van der Waals surface area contributed by atoms with Gasteiger partial charge in [-0.05, 0) is 48.0 Å². The number of nitrogens with zero attached hydrogens (tertiary/aromatic N) is 3. The van der Waals surface area contributed by atoms with Gasteiger partial charge in [0.15, 0.2) is 11.3 Å². The van der Waals surface area contributed by atoms with Gasteiger partial charge in [0.05, 0.1) is 23.5 Å². The van der Waals surface area contributed by atoms with Crippen LogP contribution in [0.15, 0.2) is 84.9 Å². The van der Waals surface area contributed by atoms with Crippen molar-refractivity contribution in [1.29, 1.82) is 0 Å². The third-order valence-electron chi connectivity index (χ3n) is 5.49. The van der Waals surface area contributed by atoms with Crippen molar-refractivity contribution in [3.05, 3.63) is 101 Å². The van der Waals surface area contributed by atoms with Crippen LogP contribution in [0.1, 0.15) is 16.1 Å². The topological polar surface area (TPSA) is 86.0 Å². The van der Waals surface area contributed by atoms with E-state index < -0.39 is 5.97 Å². The number of benzene rings is 3. The Morgan fingerprint density at radius 3 is 2.43 bits per heavy atom. The lowest BCUT2D eigenvalue weighted by atomic mass is 10.1. The van der Waals surface area contributed by atoms with E-state index in [4.69, 9.17) is 21.1 Å². The molecule has 5 aromatic rings. The van der Waals surface area contributed by atoms with Crippen molar-refractivity contribution in [2.45, 2.75) is 6.61 Å². The van der Waals surface area contributed by atoms with Crippen molar-refractivity contribution >= 4 is 23.2 Å². The Balaban J connectivity index is 1.53. The van der Waals surface area contributed by atoms with Crippen LogP contribution in [-0.2, 0) is 6.61 Å². The minimum Gasteiger partial charge on any atom is -0.495 e. The second kappa shape index (κ2) is 9.48. The summed E-state index contributed by atoms with van der Waals surface area (Å²) in [5.74, 6) is 0.108. The fourth-order valence-corrected chi connectivity index (χ4v) is 3.91. The molecule has 0 saturated carbocycles. The molecule has 8 heteroatoms. The molecule has 35 heavy (non-hydrogen) atoms. The van der Waals surface area contributed by atoms with Crippen molar-refractivity contribution in [1.82, 2.24) is 14.6 Å². The fourth-order valence-electron chi connectivity index (χ4n) is 3.71. The van der Waals surface area contributed by atoms with Gasteiger partial charge in [-0.1, -0.05) is 48.0 Å². The third kappa shape index (κ3) is 4.67. The van der Waals surface area contributed by atoms with Crippen LogP contribution in [0.2, 0.25) is 5.02 Å². The molecule has 0 radical (unpaired) electrons. The van der Waals surface area contributed by atoms with Crippen molar-refractivity contribution < 1.29 is 19.4 Å². The Morgan fingerprint density at radius 2 is 1.71 bits per heavy atom. The molecule has 2 aromatic heterocycles. The Kier molecular flexibility index (Phi) is 6.08. The van der Waals surface area contributed by atoms with E-state index in [9.17, 15) is 9.90 Å². The molecule has 0 unspecified atom stereocenters. The average molecular weight is 486 g/mol. The molecule has 0 fully saturated rings. The van der Waals surface area contributed by atoms with Crippen molar-refractivity contribution in [2.24, 2.45) is 0 Å². The summed E-state index contributed by atoms with van der Waals surface area (Å²) in [5.41, 5.74) is 4.31. The van der Waals surface area contributed by atoms with Crippen LogP contribution in [0.3, 0.4) is 0 Å². The SMILES string of the molecule is COc1cc(-c2cc(-c3ccc(OCc4ccccc4)cc3)nc3cc(C(=O)O)nn23)ccc1Cl. The summed E-state index contributed by atoms with van der Waals surface area (Å²) in [6, 6.07) is 26.2. The summed E-state index contributed by atoms with van der Waals surface area (Å²) >= 11 is 6.21. The highest BCUT2D eigenvalue weighted by Crippen LogP contribution is 2.33. The molecule has 5 rings (SSSR count). The van der Waals surface area contributed by atoms with Gasteiger partial charge < -0.3 is 14.6 Å². The third-order valence-corrected chi connectivity index (χ3v) is 5.80. The maximum Gasteiger partial charge on any atom is 0.356 e. The second-order valence-corrected chi connectivity index (χ2v) is 8.19. The Morgan fingerprint density at radius 1 is 0.971 bits per heavy atom. The summed E-state index contributed by atoms with van der Waals surface area (Å²) in [6.07, 6.45) is 0. The number of aromatic nitrogens is 3. The zero-order chi connectivity index (χ0) is 24.4. The molecule has 7 nitrogen and oxygen atoms in total. The van der Waals surface area contributed by atoms with E-state index in [1.54, 1.807) is 12.1 Å². The summed E-state index contributed by atoms with van der Waals surface area (Å²) in [4.78, 5) is 16.2. The molecule has 0 aliphatic carbocycles. The number of fused-ring (bicyclic) bond motifs is 1. The number of hydrogen-bond acceptors (Lipinski definition) is 5. The van der Waals surface area contributed by atoms with Gasteiger partial charge in [0.25, 0.3) is 0 Å². The van der Waals surface area contributed by atoms with Crippen molar-refractivity contribution in [3.8, 4) is 34.0 Å². The predicted octanol–water partition coefficient (Wildman–Crippen LogP) is 6.00. The number of methoxy groups -OCH3 is 1. The number of aromatic carboxylic acids is 1. The molecule has 3 aromatic carbocycles. The standard InChI is InChI=1S/C27H20ClN3O4/c1-34-25-13-19(9-12-21(25)28)24-14-22(29-26-15-23(27(32)33)30-31(24)26)18-7-10-20(11-8-18)35-16-17-5-3-2-4-6-17/h2-15H,16H2,1H3,(H,32,33). The first kappa shape index (κ1) is 22.4. The van der Waals surface area contributed by atoms with E-state index in [1.165, 1.54) is 17.7 Å². The minimum absolute atomic E-state index is 0.0958. The maximum atomic E-state index is 11.6. The van der Waals surface area contributed by atoms with Crippen LogP contribution in [-0.4, -0.2) is 32.8 Å². The lowest BCUT2D eigenvalue weighted by Gasteiger charge is -2.11. The second-order valence-electron chi connectivity index (χ2n) is 7.78. The number of halogens is 1. The molecule has 2 heterocycles. The Labute approximate surface area is 206 Å². The first-order valence-electron chi connectivity index (χ1n) is 10.8. The van der Waals surface area contributed by atoms with Crippen molar-refractivity contribution in [2.75, 3.05) is 7.11 Å². The van der Waals surface area contributed by atoms with E-state index >= 15 is 0 Å². The van der Waals surface area contributed by atoms with E-state index in [0.29, 0.717) is 34.4 Å². The van der Waals surface area contributed by atoms with Crippen LogP contribution in [0.25, 0.3) is 28.2 Å². The number of carbonyl (C=O) groups is 1. The predicted molar refractivity (Wildman–Crippen MR) is 133 cm³/mol. The number of ether oxygens (including phenoxy) is 2. The molecule has 0 spiro atoms. The first-order valence-corrected chi connectivity index (χ1v) is 11.1. The highest BCUT2D eigenvalue weighted by Gasteiger charge is 2.17. The summed E-state index contributed by atoms with van der Waals surface area (Å²) in [7, 11) is 1.54. The van der Waals surface area contributed by atoms with Crippen LogP contribution in [0.5, 0.6) is 11.5 Å². The molecule has 0 bridgehead atoms. The largest absolute Gasteiger partial charge is 0.495 e. The lowest BCUT2D eigenvalue weighted by Crippen LogP contribution is -2.01. The van der Waals surface area contributed by atoms with Gasteiger partial charge in [-0.2, -0.15) is 5.10 Å². The molecule has 0 saturated heterocycles. The number of carboxylic acids is 1. The molecule has 0 aliphatic rings. The van der Waals surface area contributed by atoms with Gasteiger partial charge in [-0.25, -0.2) is 14.3 Å². The molecular formula is C27H20ClN3O4. The number of hydrogen-bond donors (Lipinski definition) is 1. The van der Waals surface area contributed by atoms with Crippen molar-refractivity contribution in [3.63, 3.8) is 0 Å². The van der Waals surface area contributed by atoms with Gasteiger partial charge in [-0.3, -0.25) is 0 Å². The lowest BCUT2D eigenvalue weighted by molar-refractivity contribution is 0.0690. The normalized spacial score (nSPS) is 10.9. The van der Waals surface area contributed by atoms with Gasteiger partial charge in [0.2, 0.25) is 0 Å². The smallest absolute Gasteiger partial charge is 0.356 e. The first-order chi connectivity index (χ1) is 17.0. The zero-order valence-corrected chi connectivity index (χ0v) is 19.4. The summed E-state index contributed by atoms with van der Waals surface area (Å²) in [6.45, 7) is 0.473. The van der Waals surface area contributed by atoms with Gasteiger partial charge in [0.1, 0.15) is 18.1 Å². The fraction of sp³-hybridized carbons (Fsp3) is 0.0741.